The van der Waals surface area contributed by atoms with E-state index >= 15 is 0 Å². The van der Waals surface area contributed by atoms with Gasteiger partial charge in [0.1, 0.15) is 6.26 Å². The Bertz CT molecular complexity index is 865. The van der Waals surface area contributed by atoms with E-state index in [0.717, 1.165) is 5.56 Å². The second kappa shape index (κ2) is 7.41. The lowest BCUT2D eigenvalue weighted by atomic mass is 9.99. The summed E-state index contributed by atoms with van der Waals surface area (Å²) in [5.74, 6) is 0.404. The summed E-state index contributed by atoms with van der Waals surface area (Å²) in [6, 6.07) is 8.22. The van der Waals surface area contributed by atoms with Gasteiger partial charge < -0.3 is 9.15 Å². The monoisotopic (exact) mass is 363 g/mol. The van der Waals surface area contributed by atoms with E-state index in [4.69, 9.17) is 9.15 Å². The van der Waals surface area contributed by atoms with E-state index in [1.807, 2.05) is 6.92 Å². The summed E-state index contributed by atoms with van der Waals surface area (Å²) in [5, 5.41) is 0. The summed E-state index contributed by atoms with van der Waals surface area (Å²) in [4.78, 5) is 11.9. The molecule has 0 spiro atoms. The average molecular weight is 363 g/mol. The third kappa shape index (κ3) is 4.11. The zero-order valence-electron chi connectivity index (χ0n) is 14.1. The van der Waals surface area contributed by atoms with E-state index in [2.05, 4.69) is 0 Å². The number of sulfonamides is 1. The maximum atomic E-state index is 12.7. The minimum atomic E-state index is -3.45. The van der Waals surface area contributed by atoms with Crippen LogP contribution in [0, 0.1) is 12.8 Å². The van der Waals surface area contributed by atoms with Crippen LogP contribution in [0.15, 0.2) is 57.0 Å². The third-order valence-corrected chi connectivity index (χ3v) is 6.34. The Kier molecular flexibility index (Phi) is 5.24. The number of aryl methyl sites for hydroxylation is 1. The molecule has 6 nitrogen and oxygen atoms in total. The fourth-order valence-corrected chi connectivity index (χ4v) is 4.30. The number of hydrogen-bond donors (Lipinski definition) is 0. The van der Waals surface area contributed by atoms with Crippen molar-refractivity contribution in [1.82, 2.24) is 4.31 Å². The Morgan fingerprint density at radius 3 is 2.48 bits per heavy atom. The van der Waals surface area contributed by atoms with Gasteiger partial charge in [0.05, 0.1) is 17.8 Å². The molecule has 0 amide bonds. The highest BCUT2D eigenvalue weighted by Crippen LogP contribution is 2.24. The summed E-state index contributed by atoms with van der Waals surface area (Å²) in [6.45, 7) is 3.21. The highest BCUT2D eigenvalue weighted by Gasteiger charge is 2.29. The van der Waals surface area contributed by atoms with Gasteiger partial charge in [-0.25, -0.2) is 8.42 Å². The van der Waals surface area contributed by atoms with Crippen LogP contribution in [0.5, 0.6) is 5.75 Å². The van der Waals surface area contributed by atoms with Gasteiger partial charge in [-0.2, -0.15) is 4.31 Å². The fraction of sp³-hybridized carbons (Fsp3) is 0.389. The zero-order chi connectivity index (χ0) is 17.9. The van der Waals surface area contributed by atoms with E-state index in [1.54, 1.807) is 24.3 Å². The molecular weight excluding hydrogens is 342 g/mol. The molecule has 0 bridgehead atoms. The molecule has 0 N–H and O–H groups in total. The van der Waals surface area contributed by atoms with Gasteiger partial charge in [0.25, 0.3) is 0 Å². The molecule has 25 heavy (non-hydrogen) atoms. The zero-order valence-corrected chi connectivity index (χ0v) is 14.9. The highest BCUT2D eigenvalue weighted by atomic mass is 32.2. The lowest BCUT2D eigenvalue weighted by Gasteiger charge is -2.31. The van der Waals surface area contributed by atoms with E-state index < -0.39 is 10.0 Å². The van der Waals surface area contributed by atoms with Gasteiger partial charge in [-0.1, -0.05) is 17.7 Å². The normalized spacial score (nSPS) is 16.7. The molecular formula is C18H21NO5S. The smallest absolute Gasteiger partial charge is 0.243 e. The molecule has 0 aliphatic carbocycles. The summed E-state index contributed by atoms with van der Waals surface area (Å²) < 4.78 is 37.3. The quantitative estimate of drug-likeness (QED) is 0.815. The molecule has 0 unspecified atom stereocenters. The predicted molar refractivity (Wildman–Crippen MR) is 93.1 cm³/mol. The van der Waals surface area contributed by atoms with Crippen LogP contribution in [0.25, 0.3) is 0 Å². The summed E-state index contributed by atoms with van der Waals surface area (Å²) in [5.41, 5.74) is 0.811. The van der Waals surface area contributed by atoms with Crippen LogP contribution in [-0.4, -0.2) is 32.4 Å². The van der Waals surface area contributed by atoms with Crippen LogP contribution in [-0.2, 0) is 10.0 Å². The van der Waals surface area contributed by atoms with Crippen molar-refractivity contribution < 1.29 is 17.6 Å². The second-order valence-electron chi connectivity index (χ2n) is 6.26. The van der Waals surface area contributed by atoms with Crippen molar-refractivity contribution in [3.8, 4) is 5.75 Å². The Labute approximate surface area is 147 Å². The maximum absolute atomic E-state index is 12.7. The molecule has 2 heterocycles. The van der Waals surface area contributed by atoms with Crippen LogP contribution in [0.3, 0.4) is 0 Å². The summed E-state index contributed by atoms with van der Waals surface area (Å²) >= 11 is 0. The van der Waals surface area contributed by atoms with E-state index in [0.29, 0.717) is 37.4 Å². The molecule has 134 valence electrons. The SMILES string of the molecule is Cc1ccc(S(=O)(=O)N2CCC(COc3coccc3=O)CC2)cc1. The molecule has 0 atom stereocenters. The Balaban J connectivity index is 1.57. The molecule has 1 aromatic carbocycles. The first-order valence-corrected chi connectivity index (χ1v) is 9.67. The van der Waals surface area contributed by atoms with Crippen LogP contribution in [0.1, 0.15) is 18.4 Å². The maximum Gasteiger partial charge on any atom is 0.243 e. The lowest BCUT2D eigenvalue weighted by molar-refractivity contribution is 0.181. The molecule has 7 heteroatoms. The molecule has 1 aliphatic rings. The van der Waals surface area contributed by atoms with Crippen molar-refractivity contribution in [2.75, 3.05) is 19.7 Å². The fourth-order valence-electron chi connectivity index (χ4n) is 2.83. The summed E-state index contributed by atoms with van der Waals surface area (Å²) in [6.07, 6.45) is 4.00. The second-order valence-corrected chi connectivity index (χ2v) is 8.19. The number of ether oxygens (including phenoxy) is 1. The largest absolute Gasteiger partial charge is 0.486 e. The first kappa shape index (κ1) is 17.7. The van der Waals surface area contributed by atoms with Gasteiger partial charge in [-0.05, 0) is 37.8 Å². The molecule has 1 saturated heterocycles. The van der Waals surface area contributed by atoms with Gasteiger partial charge in [-0.15, -0.1) is 0 Å². The first-order chi connectivity index (χ1) is 12.0. The molecule has 1 aromatic heterocycles. The number of piperidine rings is 1. The van der Waals surface area contributed by atoms with Crippen LogP contribution < -0.4 is 10.2 Å². The topological polar surface area (TPSA) is 76.8 Å². The number of hydrogen-bond acceptors (Lipinski definition) is 5. The van der Waals surface area contributed by atoms with Gasteiger partial charge in [0.2, 0.25) is 21.2 Å². The number of rotatable bonds is 5. The number of nitrogens with zero attached hydrogens (tertiary/aromatic N) is 1. The van der Waals surface area contributed by atoms with E-state index in [1.165, 1.54) is 22.9 Å². The van der Waals surface area contributed by atoms with Crippen molar-refractivity contribution in [3.05, 3.63) is 58.6 Å². The molecule has 1 fully saturated rings. The van der Waals surface area contributed by atoms with E-state index in [9.17, 15) is 13.2 Å². The predicted octanol–water partition coefficient (Wildman–Crippen LogP) is 2.43. The Hall–Kier alpha value is -2.12. The lowest BCUT2D eigenvalue weighted by Crippen LogP contribution is -2.39. The van der Waals surface area contributed by atoms with Crippen LogP contribution in [0.4, 0.5) is 0 Å². The van der Waals surface area contributed by atoms with Gasteiger partial charge in [0.15, 0.2) is 0 Å². The van der Waals surface area contributed by atoms with Crippen molar-refractivity contribution in [2.45, 2.75) is 24.7 Å². The highest BCUT2D eigenvalue weighted by molar-refractivity contribution is 7.89. The Morgan fingerprint density at radius 2 is 1.84 bits per heavy atom. The first-order valence-electron chi connectivity index (χ1n) is 8.23. The van der Waals surface area contributed by atoms with Gasteiger partial charge in [-0.3, -0.25) is 4.79 Å². The molecule has 0 radical (unpaired) electrons. The standard InChI is InChI=1S/C18H21NO5S/c1-14-2-4-16(5-3-14)25(21,22)19-9-6-15(7-10-19)12-24-18-13-23-11-8-17(18)20/h2-5,8,11,13,15H,6-7,9-10,12H2,1H3. The summed E-state index contributed by atoms with van der Waals surface area (Å²) in [7, 11) is -3.45. The van der Waals surface area contributed by atoms with Crippen molar-refractivity contribution in [3.63, 3.8) is 0 Å². The number of benzene rings is 1. The molecule has 1 aliphatic heterocycles. The van der Waals surface area contributed by atoms with Gasteiger partial charge in [0, 0.05) is 19.2 Å². The van der Waals surface area contributed by atoms with Gasteiger partial charge >= 0.3 is 0 Å². The molecule has 3 rings (SSSR count). The third-order valence-electron chi connectivity index (χ3n) is 4.42. The van der Waals surface area contributed by atoms with Crippen molar-refractivity contribution in [1.29, 1.82) is 0 Å². The molecule has 2 aromatic rings. The van der Waals surface area contributed by atoms with Crippen molar-refractivity contribution in [2.24, 2.45) is 5.92 Å². The van der Waals surface area contributed by atoms with E-state index in [-0.39, 0.29) is 17.1 Å². The minimum Gasteiger partial charge on any atom is -0.486 e. The average Bonchev–Trinajstić information content (AvgIpc) is 2.62. The van der Waals surface area contributed by atoms with Crippen molar-refractivity contribution >= 4 is 10.0 Å². The van der Waals surface area contributed by atoms with Crippen LogP contribution >= 0.6 is 0 Å². The minimum absolute atomic E-state index is 0.192. The Morgan fingerprint density at radius 1 is 1.16 bits per heavy atom. The van der Waals surface area contributed by atoms with Crippen LogP contribution in [0.2, 0.25) is 0 Å². The molecule has 0 saturated carbocycles.